The molecule has 2 aromatic carbocycles. The number of hydrogen-bond donors (Lipinski definition) is 1. The summed E-state index contributed by atoms with van der Waals surface area (Å²) in [6, 6.07) is 13.1. The normalized spacial score (nSPS) is 10.1. The molecular weight excluding hydrogens is 222 g/mol. The predicted molar refractivity (Wildman–Crippen MR) is 67.1 cm³/mol. The van der Waals surface area contributed by atoms with Crippen LogP contribution in [-0.4, -0.2) is 0 Å². The van der Waals surface area contributed by atoms with Crippen LogP contribution in [0.3, 0.4) is 0 Å². The van der Waals surface area contributed by atoms with Crippen molar-refractivity contribution < 1.29 is 4.74 Å². The average Bonchev–Trinajstić information content (AvgIpc) is 2.27. The lowest BCUT2D eigenvalue weighted by molar-refractivity contribution is 0.484. The number of aryl methyl sites for hydroxylation is 1. The fourth-order valence-electron chi connectivity index (χ4n) is 1.37. The Labute approximate surface area is 99.6 Å². The van der Waals surface area contributed by atoms with Gasteiger partial charge in [0.1, 0.15) is 5.75 Å². The van der Waals surface area contributed by atoms with Gasteiger partial charge in [-0.1, -0.05) is 29.8 Å². The van der Waals surface area contributed by atoms with E-state index in [1.807, 2.05) is 43.3 Å². The predicted octanol–water partition coefficient (Wildman–Crippen LogP) is 4.02. The van der Waals surface area contributed by atoms with Crippen molar-refractivity contribution in [2.24, 2.45) is 0 Å². The van der Waals surface area contributed by atoms with Crippen LogP contribution >= 0.6 is 11.6 Å². The first-order valence-corrected chi connectivity index (χ1v) is 5.33. The maximum Gasteiger partial charge on any atom is 0.150 e. The zero-order valence-corrected chi connectivity index (χ0v) is 9.66. The number of anilines is 1. The molecule has 16 heavy (non-hydrogen) atoms. The minimum atomic E-state index is 0.541. The minimum absolute atomic E-state index is 0.541. The van der Waals surface area contributed by atoms with Gasteiger partial charge in [0.05, 0.1) is 5.69 Å². The van der Waals surface area contributed by atoms with E-state index in [0.29, 0.717) is 16.5 Å². The van der Waals surface area contributed by atoms with Crippen LogP contribution in [-0.2, 0) is 0 Å². The molecule has 0 radical (unpaired) electrons. The third kappa shape index (κ3) is 2.28. The molecule has 0 saturated carbocycles. The zero-order chi connectivity index (χ0) is 11.5. The molecule has 0 heterocycles. The SMILES string of the molecule is Cc1cc(Oc2ccccc2)c(N)cc1Cl. The number of hydrogen-bond acceptors (Lipinski definition) is 2. The smallest absolute Gasteiger partial charge is 0.150 e. The first-order valence-electron chi connectivity index (χ1n) is 4.95. The molecular formula is C13H12ClNO. The second kappa shape index (κ2) is 4.45. The molecule has 2 N–H and O–H groups in total. The fraction of sp³-hybridized carbons (Fsp3) is 0.0769. The molecule has 0 saturated heterocycles. The number of benzene rings is 2. The lowest BCUT2D eigenvalue weighted by Crippen LogP contribution is -1.93. The van der Waals surface area contributed by atoms with Crippen LogP contribution in [0.15, 0.2) is 42.5 Å². The van der Waals surface area contributed by atoms with E-state index in [0.717, 1.165) is 11.3 Å². The molecule has 2 rings (SSSR count). The monoisotopic (exact) mass is 233 g/mol. The van der Waals surface area contributed by atoms with Crippen LogP contribution in [0.2, 0.25) is 5.02 Å². The molecule has 0 aliphatic heterocycles. The quantitative estimate of drug-likeness (QED) is 0.795. The number of nitrogens with two attached hydrogens (primary N) is 1. The highest BCUT2D eigenvalue weighted by atomic mass is 35.5. The summed E-state index contributed by atoms with van der Waals surface area (Å²) < 4.78 is 5.66. The molecule has 0 spiro atoms. The molecule has 82 valence electrons. The van der Waals surface area contributed by atoms with E-state index in [1.165, 1.54) is 0 Å². The molecule has 0 aliphatic carbocycles. The lowest BCUT2D eigenvalue weighted by atomic mass is 10.2. The highest BCUT2D eigenvalue weighted by Gasteiger charge is 2.05. The Bertz CT molecular complexity index is 497. The largest absolute Gasteiger partial charge is 0.455 e. The topological polar surface area (TPSA) is 35.2 Å². The van der Waals surface area contributed by atoms with E-state index in [2.05, 4.69) is 0 Å². The summed E-state index contributed by atoms with van der Waals surface area (Å²) in [7, 11) is 0. The van der Waals surface area contributed by atoms with Crippen molar-refractivity contribution in [1.82, 2.24) is 0 Å². The molecule has 0 amide bonds. The first kappa shape index (κ1) is 10.8. The lowest BCUT2D eigenvalue weighted by Gasteiger charge is -2.10. The Hall–Kier alpha value is -1.67. The Morgan fingerprint density at radius 2 is 1.81 bits per heavy atom. The van der Waals surface area contributed by atoms with Crippen molar-refractivity contribution in [2.75, 3.05) is 5.73 Å². The fourth-order valence-corrected chi connectivity index (χ4v) is 1.55. The van der Waals surface area contributed by atoms with Gasteiger partial charge >= 0.3 is 0 Å². The second-order valence-electron chi connectivity index (χ2n) is 3.55. The third-order valence-corrected chi connectivity index (χ3v) is 2.67. The first-order chi connectivity index (χ1) is 7.66. The van der Waals surface area contributed by atoms with Gasteiger partial charge in [-0.25, -0.2) is 0 Å². The highest BCUT2D eigenvalue weighted by Crippen LogP contribution is 2.31. The Morgan fingerprint density at radius 3 is 2.50 bits per heavy atom. The van der Waals surface area contributed by atoms with Crippen molar-refractivity contribution >= 4 is 17.3 Å². The van der Waals surface area contributed by atoms with Crippen molar-refractivity contribution in [1.29, 1.82) is 0 Å². The molecule has 3 heteroatoms. The van der Waals surface area contributed by atoms with Gasteiger partial charge in [0.2, 0.25) is 0 Å². The maximum absolute atomic E-state index is 5.95. The Kier molecular flexibility index (Phi) is 3.02. The summed E-state index contributed by atoms with van der Waals surface area (Å²) in [4.78, 5) is 0. The van der Waals surface area contributed by atoms with Gasteiger partial charge in [0.25, 0.3) is 0 Å². The average molecular weight is 234 g/mol. The number of ether oxygens (including phenoxy) is 1. The van der Waals surface area contributed by atoms with Gasteiger partial charge < -0.3 is 10.5 Å². The van der Waals surface area contributed by atoms with E-state index in [1.54, 1.807) is 6.07 Å². The standard InChI is InChI=1S/C13H12ClNO/c1-9-7-13(12(15)8-11(9)14)16-10-5-3-2-4-6-10/h2-8H,15H2,1H3. The number of para-hydroxylation sites is 1. The number of halogens is 1. The summed E-state index contributed by atoms with van der Waals surface area (Å²) in [5.41, 5.74) is 7.32. The van der Waals surface area contributed by atoms with Crippen molar-refractivity contribution in [3.05, 3.63) is 53.1 Å². The maximum atomic E-state index is 5.95. The molecule has 2 aromatic rings. The van der Waals surface area contributed by atoms with Crippen LogP contribution < -0.4 is 10.5 Å². The Morgan fingerprint density at radius 1 is 1.12 bits per heavy atom. The van der Waals surface area contributed by atoms with Crippen LogP contribution in [0.4, 0.5) is 5.69 Å². The minimum Gasteiger partial charge on any atom is -0.455 e. The Balaban J connectivity index is 2.32. The highest BCUT2D eigenvalue weighted by molar-refractivity contribution is 6.31. The van der Waals surface area contributed by atoms with Crippen LogP contribution in [0.25, 0.3) is 0 Å². The molecule has 0 fully saturated rings. The summed E-state index contributed by atoms with van der Waals surface area (Å²) in [5.74, 6) is 1.39. The van der Waals surface area contributed by atoms with Gasteiger partial charge in [0, 0.05) is 5.02 Å². The molecule has 0 aromatic heterocycles. The second-order valence-corrected chi connectivity index (χ2v) is 3.96. The van der Waals surface area contributed by atoms with E-state index in [9.17, 15) is 0 Å². The van der Waals surface area contributed by atoms with Crippen LogP contribution in [0.1, 0.15) is 5.56 Å². The number of rotatable bonds is 2. The van der Waals surface area contributed by atoms with Gasteiger partial charge in [-0.15, -0.1) is 0 Å². The van der Waals surface area contributed by atoms with E-state index < -0.39 is 0 Å². The molecule has 0 aliphatic rings. The van der Waals surface area contributed by atoms with E-state index >= 15 is 0 Å². The molecule has 2 nitrogen and oxygen atoms in total. The van der Waals surface area contributed by atoms with E-state index in [-0.39, 0.29) is 0 Å². The summed E-state index contributed by atoms with van der Waals surface area (Å²) >= 11 is 5.95. The van der Waals surface area contributed by atoms with Gasteiger partial charge in [-0.05, 0) is 36.8 Å². The van der Waals surface area contributed by atoms with Crippen LogP contribution in [0, 0.1) is 6.92 Å². The van der Waals surface area contributed by atoms with Gasteiger partial charge in [0.15, 0.2) is 5.75 Å². The van der Waals surface area contributed by atoms with Crippen LogP contribution in [0.5, 0.6) is 11.5 Å². The summed E-state index contributed by atoms with van der Waals surface area (Å²) in [6.07, 6.45) is 0. The van der Waals surface area contributed by atoms with Crippen molar-refractivity contribution in [3.63, 3.8) is 0 Å². The molecule has 0 atom stereocenters. The zero-order valence-electron chi connectivity index (χ0n) is 8.91. The van der Waals surface area contributed by atoms with Crippen molar-refractivity contribution in [2.45, 2.75) is 6.92 Å². The van der Waals surface area contributed by atoms with Gasteiger partial charge in [-0.3, -0.25) is 0 Å². The number of nitrogen functional groups attached to an aromatic ring is 1. The third-order valence-electron chi connectivity index (χ3n) is 2.26. The van der Waals surface area contributed by atoms with Crippen molar-refractivity contribution in [3.8, 4) is 11.5 Å². The van der Waals surface area contributed by atoms with E-state index in [4.69, 9.17) is 22.1 Å². The van der Waals surface area contributed by atoms with Gasteiger partial charge in [-0.2, -0.15) is 0 Å². The summed E-state index contributed by atoms with van der Waals surface area (Å²) in [5, 5.41) is 0.651. The molecule has 0 unspecified atom stereocenters. The summed E-state index contributed by atoms with van der Waals surface area (Å²) in [6.45, 7) is 1.92. The molecule has 0 bridgehead atoms.